The molecule has 20 heavy (non-hydrogen) atoms. The number of hydrogen-bond donors (Lipinski definition) is 2. The molecule has 3 N–H and O–H groups in total. The molecule has 0 radical (unpaired) electrons. The monoisotopic (exact) mass is 272 g/mol. The summed E-state index contributed by atoms with van der Waals surface area (Å²) in [5.41, 5.74) is 6.00. The van der Waals surface area contributed by atoms with Crippen LogP contribution in [0, 0.1) is 6.92 Å². The van der Waals surface area contributed by atoms with Crippen LogP contribution in [0.4, 0.5) is 0 Å². The van der Waals surface area contributed by atoms with Crippen LogP contribution in [0.1, 0.15) is 26.4 Å². The number of carbonyl (C=O) groups excluding carboxylic acids is 1. The maximum atomic E-state index is 11.3. The quantitative estimate of drug-likeness (QED) is 0.885. The van der Waals surface area contributed by atoms with Crippen LogP contribution in [-0.2, 0) is 0 Å². The van der Waals surface area contributed by atoms with Crippen LogP contribution in [-0.4, -0.2) is 22.0 Å². The van der Waals surface area contributed by atoms with Gasteiger partial charge in [0.25, 0.3) is 5.91 Å². The number of aryl methyl sites for hydroxylation is 1. The summed E-state index contributed by atoms with van der Waals surface area (Å²) in [4.78, 5) is 26.3. The third kappa shape index (κ3) is 2.92. The van der Waals surface area contributed by atoms with Crippen LogP contribution in [0.5, 0.6) is 11.6 Å². The third-order valence-corrected chi connectivity index (χ3v) is 2.54. The van der Waals surface area contributed by atoms with E-state index >= 15 is 0 Å². The van der Waals surface area contributed by atoms with Crippen molar-refractivity contribution in [2.75, 3.05) is 0 Å². The normalized spacial score (nSPS) is 10.1. The van der Waals surface area contributed by atoms with Crippen molar-refractivity contribution in [2.45, 2.75) is 6.92 Å². The Morgan fingerprint density at radius 3 is 2.60 bits per heavy atom. The molecule has 2 aromatic rings. The number of aromatic nitrogens is 1. The summed E-state index contributed by atoms with van der Waals surface area (Å²) in [6, 6.07) is 9.12. The van der Waals surface area contributed by atoms with Gasteiger partial charge in [0.05, 0.1) is 11.1 Å². The van der Waals surface area contributed by atoms with Gasteiger partial charge in [0, 0.05) is 11.8 Å². The van der Waals surface area contributed by atoms with Crippen molar-refractivity contribution in [3.05, 3.63) is 53.2 Å². The van der Waals surface area contributed by atoms with Crippen molar-refractivity contribution in [3.63, 3.8) is 0 Å². The maximum Gasteiger partial charge on any atom is 0.335 e. The lowest BCUT2D eigenvalue weighted by Crippen LogP contribution is -2.12. The highest BCUT2D eigenvalue weighted by Gasteiger charge is 2.12. The number of ether oxygens (including phenoxy) is 1. The van der Waals surface area contributed by atoms with E-state index in [1.807, 2.05) is 0 Å². The van der Waals surface area contributed by atoms with Crippen molar-refractivity contribution in [1.82, 2.24) is 4.98 Å². The minimum Gasteiger partial charge on any atom is -0.478 e. The Kier molecular flexibility index (Phi) is 3.65. The van der Waals surface area contributed by atoms with E-state index in [9.17, 15) is 9.59 Å². The summed E-state index contributed by atoms with van der Waals surface area (Å²) in [7, 11) is 0. The number of carboxylic acids is 1. The van der Waals surface area contributed by atoms with Crippen molar-refractivity contribution in [3.8, 4) is 11.6 Å². The number of carbonyl (C=O) groups is 2. The molecule has 0 atom stereocenters. The Morgan fingerprint density at radius 1 is 1.25 bits per heavy atom. The minimum atomic E-state index is -1.08. The zero-order chi connectivity index (χ0) is 14.7. The molecule has 0 aliphatic carbocycles. The van der Waals surface area contributed by atoms with Crippen molar-refractivity contribution >= 4 is 11.9 Å². The first-order valence-electron chi connectivity index (χ1n) is 5.76. The Hall–Kier alpha value is -2.89. The molecule has 1 aromatic carbocycles. The Morgan fingerprint density at radius 2 is 1.95 bits per heavy atom. The molecule has 0 bridgehead atoms. The SMILES string of the molecule is Cc1cc(C(=O)O)cc(Oc2ccccc2C(N)=O)n1. The zero-order valence-corrected chi connectivity index (χ0v) is 10.7. The number of rotatable bonds is 4. The van der Waals surface area contributed by atoms with Crippen LogP contribution < -0.4 is 10.5 Å². The molecule has 1 amide bonds. The number of nitrogens with two attached hydrogens (primary N) is 1. The summed E-state index contributed by atoms with van der Waals surface area (Å²) < 4.78 is 5.47. The smallest absolute Gasteiger partial charge is 0.335 e. The minimum absolute atomic E-state index is 0.0593. The van der Waals surface area contributed by atoms with E-state index in [0.717, 1.165) is 0 Å². The summed E-state index contributed by atoms with van der Waals surface area (Å²) in [5, 5.41) is 8.99. The molecule has 0 spiro atoms. The second-order valence-electron chi connectivity index (χ2n) is 4.10. The number of nitrogens with zero attached hydrogens (tertiary/aromatic N) is 1. The number of carboxylic acid groups (broad SMARTS) is 1. The molecule has 1 aromatic heterocycles. The molecular formula is C14H12N2O4. The van der Waals surface area contributed by atoms with Gasteiger partial charge in [-0.15, -0.1) is 0 Å². The molecule has 6 heteroatoms. The van der Waals surface area contributed by atoms with Gasteiger partial charge in [0.2, 0.25) is 5.88 Å². The number of para-hydroxylation sites is 1. The molecule has 6 nitrogen and oxygen atoms in total. The van der Waals surface area contributed by atoms with Gasteiger partial charge in [0.1, 0.15) is 5.75 Å². The van der Waals surface area contributed by atoms with Gasteiger partial charge in [-0.05, 0) is 25.1 Å². The molecule has 102 valence electrons. The van der Waals surface area contributed by atoms with Crippen LogP contribution in [0.25, 0.3) is 0 Å². The summed E-state index contributed by atoms with van der Waals surface area (Å²) in [6.45, 7) is 1.65. The van der Waals surface area contributed by atoms with Crippen LogP contribution in [0.2, 0.25) is 0 Å². The highest BCUT2D eigenvalue weighted by atomic mass is 16.5. The molecule has 1 heterocycles. The first-order valence-corrected chi connectivity index (χ1v) is 5.76. The van der Waals surface area contributed by atoms with Crippen LogP contribution >= 0.6 is 0 Å². The Balaban J connectivity index is 2.40. The predicted molar refractivity (Wildman–Crippen MR) is 71.0 cm³/mol. The lowest BCUT2D eigenvalue weighted by molar-refractivity contribution is 0.0696. The van der Waals surface area contributed by atoms with Crippen molar-refractivity contribution in [2.24, 2.45) is 5.73 Å². The second-order valence-corrected chi connectivity index (χ2v) is 4.10. The standard InChI is InChI=1S/C14H12N2O4/c1-8-6-9(14(18)19)7-12(16-8)20-11-5-3-2-4-10(11)13(15)17/h2-7H,1H3,(H2,15,17)(H,18,19). The van der Waals surface area contributed by atoms with Gasteiger partial charge in [-0.3, -0.25) is 4.79 Å². The van der Waals surface area contributed by atoms with E-state index in [2.05, 4.69) is 4.98 Å². The average Bonchev–Trinajstić information content (AvgIpc) is 2.38. The average molecular weight is 272 g/mol. The summed E-state index contributed by atoms with van der Waals surface area (Å²) >= 11 is 0. The lowest BCUT2D eigenvalue weighted by Gasteiger charge is -2.09. The van der Waals surface area contributed by atoms with Gasteiger partial charge in [-0.2, -0.15) is 0 Å². The Labute approximate surface area is 114 Å². The Bertz CT molecular complexity index is 683. The second kappa shape index (κ2) is 5.40. The van der Waals surface area contributed by atoms with Crippen LogP contribution in [0.3, 0.4) is 0 Å². The van der Waals surface area contributed by atoms with E-state index < -0.39 is 11.9 Å². The van der Waals surface area contributed by atoms with Gasteiger partial charge in [-0.25, -0.2) is 9.78 Å². The molecule has 0 fully saturated rings. The van der Waals surface area contributed by atoms with Gasteiger partial charge in [0.15, 0.2) is 0 Å². The maximum absolute atomic E-state index is 11.3. The fourth-order valence-corrected chi connectivity index (χ4v) is 1.69. The molecule has 0 saturated heterocycles. The highest BCUT2D eigenvalue weighted by Crippen LogP contribution is 2.24. The zero-order valence-electron chi connectivity index (χ0n) is 10.7. The fourth-order valence-electron chi connectivity index (χ4n) is 1.69. The van der Waals surface area contributed by atoms with E-state index in [0.29, 0.717) is 5.69 Å². The predicted octanol–water partition coefficient (Wildman–Crippen LogP) is 1.98. The van der Waals surface area contributed by atoms with E-state index in [1.165, 1.54) is 18.2 Å². The summed E-state index contributed by atoms with van der Waals surface area (Å²) in [5.74, 6) is -1.39. The number of aromatic carboxylic acids is 1. The highest BCUT2D eigenvalue weighted by molar-refractivity contribution is 5.95. The van der Waals surface area contributed by atoms with E-state index in [4.69, 9.17) is 15.6 Å². The van der Waals surface area contributed by atoms with Crippen molar-refractivity contribution in [1.29, 1.82) is 0 Å². The first kappa shape index (κ1) is 13.5. The van der Waals surface area contributed by atoms with Gasteiger partial charge >= 0.3 is 5.97 Å². The third-order valence-electron chi connectivity index (χ3n) is 2.54. The molecule has 0 aliphatic heterocycles. The summed E-state index contributed by atoms with van der Waals surface area (Å²) in [6.07, 6.45) is 0. The largest absolute Gasteiger partial charge is 0.478 e. The lowest BCUT2D eigenvalue weighted by atomic mass is 10.2. The van der Waals surface area contributed by atoms with E-state index in [-0.39, 0.29) is 22.8 Å². The number of primary amides is 1. The molecule has 0 aliphatic rings. The number of benzene rings is 1. The molecule has 0 unspecified atom stereocenters. The fraction of sp³-hybridized carbons (Fsp3) is 0.0714. The topological polar surface area (TPSA) is 103 Å². The molecular weight excluding hydrogens is 260 g/mol. The first-order chi connectivity index (χ1) is 9.47. The van der Waals surface area contributed by atoms with Crippen molar-refractivity contribution < 1.29 is 19.4 Å². The van der Waals surface area contributed by atoms with E-state index in [1.54, 1.807) is 25.1 Å². The van der Waals surface area contributed by atoms with Crippen LogP contribution in [0.15, 0.2) is 36.4 Å². The molecule has 0 saturated carbocycles. The number of amides is 1. The van der Waals surface area contributed by atoms with Gasteiger partial charge in [-0.1, -0.05) is 12.1 Å². The molecule has 2 rings (SSSR count). The number of hydrogen-bond acceptors (Lipinski definition) is 4. The number of pyridine rings is 1. The van der Waals surface area contributed by atoms with Gasteiger partial charge < -0.3 is 15.6 Å².